The zero-order valence-electron chi connectivity index (χ0n) is 20.5. The average Bonchev–Trinajstić information content (AvgIpc) is 3.14. The first-order valence-electron chi connectivity index (χ1n) is 11.5. The SMILES string of the molecule is CCCCN(C)S(=O)(=O)c1ccc(C(=O)N=c2sc3cc(C)cc(C)c3n2CCOCC)cc1. The highest BCUT2D eigenvalue weighted by molar-refractivity contribution is 7.89. The number of benzene rings is 2. The zero-order chi connectivity index (χ0) is 24.9. The maximum atomic E-state index is 13.0. The van der Waals surface area contributed by atoms with Crippen molar-refractivity contribution in [1.82, 2.24) is 8.87 Å². The molecule has 0 unspecified atom stereocenters. The average molecular weight is 504 g/mol. The Labute approximate surface area is 205 Å². The van der Waals surface area contributed by atoms with E-state index in [1.165, 1.54) is 39.9 Å². The molecule has 0 N–H and O–H groups in total. The molecule has 0 aliphatic heterocycles. The van der Waals surface area contributed by atoms with Crippen LogP contribution < -0.4 is 4.80 Å². The molecule has 0 radical (unpaired) electrons. The number of carbonyl (C=O) groups is 1. The summed E-state index contributed by atoms with van der Waals surface area (Å²) in [6.07, 6.45) is 1.71. The van der Waals surface area contributed by atoms with E-state index in [4.69, 9.17) is 4.74 Å². The van der Waals surface area contributed by atoms with Gasteiger partial charge in [-0.1, -0.05) is 30.7 Å². The van der Waals surface area contributed by atoms with Gasteiger partial charge in [-0.3, -0.25) is 4.79 Å². The van der Waals surface area contributed by atoms with Gasteiger partial charge >= 0.3 is 0 Å². The quantitative estimate of drug-likeness (QED) is 0.381. The van der Waals surface area contributed by atoms with E-state index in [-0.39, 0.29) is 4.90 Å². The Morgan fingerprint density at radius 3 is 2.50 bits per heavy atom. The number of hydrogen-bond acceptors (Lipinski definition) is 5. The molecule has 0 bridgehead atoms. The maximum Gasteiger partial charge on any atom is 0.279 e. The number of carbonyl (C=O) groups excluding carboxylic acids is 1. The highest BCUT2D eigenvalue weighted by atomic mass is 32.2. The minimum atomic E-state index is -3.58. The molecule has 0 saturated heterocycles. The van der Waals surface area contributed by atoms with Crippen molar-refractivity contribution in [1.29, 1.82) is 0 Å². The van der Waals surface area contributed by atoms with E-state index in [1.54, 1.807) is 7.05 Å². The van der Waals surface area contributed by atoms with Crippen molar-refractivity contribution in [3.63, 3.8) is 0 Å². The molecule has 0 fully saturated rings. The lowest BCUT2D eigenvalue weighted by molar-refractivity contribution is 0.0996. The van der Waals surface area contributed by atoms with Gasteiger partial charge in [-0.15, -0.1) is 0 Å². The fourth-order valence-corrected chi connectivity index (χ4v) is 6.23. The number of aromatic nitrogens is 1. The molecule has 1 aromatic heterocycles. The third-order valence-electron chi connectivity index (χ3n) is 5.61. The van der Waals surface area contributed by atoms with Crippen LogP contribution in [0.2, 0.25) is 0 Å². The largest absolute Gasteiger partial charge is 0.380 e. The fraction of sp³-hybridized carbons (Fsp3) is 0.440. The number of hydrogen-bond donors (Lipinski definition) is 0. The van der Waals surface area contributed by atoms with E-state index in [0.29, 0.717) is 36.7 Å². The summed E-state index contributed by atoms with van der Waals surface area (Å²) in [5.74, 6) is -0.408. The number of amides is 1. The molecule has 0 aliphatic carbocycles. The molecule has 7 nitrogen and oxygen atoms in total. The minimum absolute atomic E-state index is 0.169. The van der Waals surface area contributed by atoms with E-state index in [1.807, 2.05) is 25.3 Å². The Bertz CT molecular complexity index is 1320. The minimum Gasteiger partial charge on any atom is -0.380 e. The van der Waals surface area contributed by atoms with E-state index < -0.39 is 15.9 Å². The molecule has 0 saturated carbocycles. The van der Waals surface area contributed by atoms with Crippen molar-refractivity contribution in [2.45, 2.75) is 52.0 Å². The van der Waals surface area contributed by atoms with Gasteiger partial charge in [0.15, 0.2) is 4.80 Å². The lowest BCUT2D eigenvalue weighted by Gasteiger charge is -2.16. The predicted octanol–water partition coefficient (Wildman–Crippen LogP) is 4.52. The highest BCUT2D eigenvalue weighted by Gasteiger charge is 2.20. The molecule has 3 rings (SSSR count). The van der Waals surface area contributed by atoms with Crippen LogP contribution in [0, 0.1) is 13.8 Å². The van der Waals surface area contributed by atoms with Crippen LogP contribution in [-0.2, 0) is 21.3 Å². The number of rotatable bonds is 10. The molecule has 0 atom stereocenters. The van der Waals surface area contributed by atoms with Crippen LogP contribution in [0.15, 0.2) is 46.3 Å². The molecular weight excluding hydrogens is 470 g/mol. The van der Waals surface area contributed by atoms with Gasteiger partial charge in [-0.05, 0) is 68.7 Å². The number of unbranched alkanes of at least 4 members (excludes halogenated alkanes) is 1. The number of aryl methyl sites for hydroxylation is 2. The van der Waals surface area contributed by atoms with Crippen molar-refractivity contribution in [2.24, 2.45) is 4.99 Å². The van der Waals surface area contributed by atoms with Crippen molar-refractivity contribution >= 4 is 37.5 Å². The first-order valence-corrected chi connectivity index (χ1v) is 13.8. The van der Waals surface area contributed by atoms with Gasteiger partial charge < -0.3 is 9.30 Å². The zero-order valence-corrected chi connectivity index (χ0v) is 22.1. The molecule has 2 aromatic carbocycles. The van der Waals surface area contributed by atoms with Crippen LogP contribution in [0.3, 0.4) is 0 Å². The van der Waals surface area contributed by atoms with E-state index in [2.05, 4.69) is 24.0 Å². The third kappa shape index (κ3) is 5.83. The van der Waals surface area contributed by atoms with Crippen LogP contribution in [0.5, 0.6) is 0 Å². The first-order chi connectivity index (χ1) is 16.2. The maximum absolute atomic E-state index is 13.0. The first kappa shape index (κ1) is 26.3. The Kier molecular flexibility index (Phi) is 8.81. The summed E-state index contributed by atoms with van der Waals surface area (Å²) in [5, 5.41) is 0. The number of sulfonamides is 1. The van der Waals surface area contributed by atoms with E-state index in [9.17, 15) is 13.2 Å². The Balaban J connectivity index is 1.95. The summed E-state index contributed by atoms with van der Waals surface area (Å²) in [7, 11) is -2.01. The summed E-state index contributed by atoms with van der Waals surface area (Å²) in [4.78, 5) is 18.2. The summed E-state index contributed by atoms with van der Waals surface area (Å²) in [5.41, 5.74) is 3.68. The van der Waals surface area contributed by atoms with Gasteiger partial charge in [0.1, 0.15) is 0 Å². The van der Waals surface area contributed by atoms with E-state index >= 15 is 0 Å². The van der Waals surface area contributed by atoms with Crippen LogP contribution in [0.25, 0.3) is 10.2 Å². The van der Waals surface area contributed by atoms with Crippen LogP contribution >= 0.6 is 11.3 Å². The molecule has 1 amide bonds. The number of thiazole rings is 1. The van der Waals surface area contributed by atoms with Crippen molar-refractivity contribution in [2.75, 3.05) is 26.8 Å². The van der Waals surface area contributed by atoms with Crippen molar-refractivity contribution in [3.05, 3.63) is 57.9 Å². The summed E-state index contributed by atoms with van der Waals surface area (Å²) in [6.45, 7) is 10.3. The summed E-state index contributed by atoms with van der Waals surface area (Å²) >= 11 is 1.47. The Morgan fingerprint density at radius 1 is 1.15 bits per heavy atom. The van der Waals surface area contributed by atoms with Crippen LogP contribution in [-0.4, -0.2) is 50.0 Å². The molecule has 9 heteroatoms. The Hall–Kier alpha value is -2.33. The van der Waals surface area contributed by atoms with Crippen LogP contribution in [0.4, 0.5) is 0 Å². The monoisotopic (exact) mass is 503 g/mol. The molecule has 184 valence electrons. The second-order valence-electron chi connectivity index (χ2n) is 8.28. The van der Waals surface area contributed by atoms with Gasteiger partial charge in [-0.25, -0.2) is 12.7 Å². The third-order valence-corrected chi connectivity index (χ3v) is 8.50. The molecule has 1 heterocycles. The van der Waals surface area contributed by atoms with Gasteiger partial charge in [0, 0.05) is 32.3 Å². The smallest absolute Gasteiger partial charge is 0.279 e. The lowest BCUT2D eigenvalue weighted by Crippen LogP contribution is -2.27. The van der Waals surface area contributed by atoms with Gasteiger partial charge in [0.25, 0.3) is 5.91 Å². The highest BCUT2D eigenvalue weighted by Crippen LogP contribution is 2.23. The molecule has 34 heavy (non-hydrogen) atoms. The molecule has 3 aromatic rings. The molecule has 0 aliphatic rings. The molecular formula is C25H33N3O4S2. The number of ether oxygens (including phenoxy) is 1. The van der Waals surface area contributed by atoms with Crippen molar-refractivity contribution < 1.29 is 17.9 Å². The predicted molar refractivity (Wildman–Crippen MR) is 137 cm³/mol. The molecule has 0 spiro atoms. The van der Waals surface area contributed by atoms with Gasteiger partial charge in [0.2, 0.25) is 10.0 Å². The Morgan fingerprint density at radius 2 is 1.85 bits per heavy atom. The second kappa shape index (κ2) is 11.4. The van der Waals surface area contributed by atoms with Crippen LogP contribution in [0.1, 0.15) is 48.2 Å². The topological polar surface area (TPSA) is 81.0 Å². The standard InChI is InChI=1S/C25H33N3O4S2/c1-6-8-13-27(5)34(30,31)21-11-9-20(10-12-21)24(29)26-25-28(14-15-32-7-2)23-19(4)16-18(3)17-22(23)33-25/h9-12,16-17H,6-8,13-15H2,1-5H3. The second-order valence-corrected chi connectivity index (χ2v) is 11.3. The number of nitrogens with zero attached hydrogens (tertiary/aromatic N) is 3. The van der Waals surface area contributed by atoms with Gasteiger partial charge in [0.05, 0.1) is 21.7 Å². The normalized spacial score (nSPS) is 12.7. The van der Waals surface area contributed by atoms with Crippen molar-refractivity contribution in [3.8, 4) is 0 Å². The summed E-state index contributed by atoms with van der Waals surface area (Å²) in [6, 6.07) is 10.2. The lowest BCUT2D eigenvalue weighted by atomic mass is 10.1. The summed E-state index contributed by atoms with van der Waals surface area (Å²) < 4.78 is 35.5. The number of fused-ring (bicyclic) bond motifs is 1. The van der Waals surface area contributed by atoms with E-state index in [0.717, 1.165) is 34.2 Å². The fourth-order valence-electron chi connectivity index (χ4n) is 3.79. The van der Waals surface area contributed by atoms with Gasteiger partial charge in [-0.2, -0.15) is 4.99 Å².